The van der Waals surface area contributed by atoms with Gasteiger partial charge in [0, 0.05) is 18.1 Å². The number of allylic oxidation sites excluding steroid dienone is 1. The molecule has 32 heavy (non-hydrogen) atoms. The molecule has 1 aromatic carbocycles. The number of carbonyl (C=O) groups excluding carboxylic acids is 1. The van der Waals surface area contributed by atoms with E-state index < -0.39 is 6.04 Å². The van der Waals surface area contributed by atoms with Crippen molar-refractivity contribution in [3.63, 3.8) is 0 Å². The van der Waals surface area contributed by atoms with Gasteiger partial charge in [-0.3, -0.25) is 9.78 Å². The molecule has 3 aromatic heterocycles. The van der Waals surface area contributed by atoms with Crippen molar-refractivity contribution in [3.8, 4) is 17.3 Å². The minimum absolute atomic E-state index is 0.276. The summed E-state index contributed by atoms with van der Waals surface area (Å²) >= 11 is 0. The van der Waals surface area contributed by atoms with Crippen molar-refractivity contribution >= 4 is 17.5 Å². The van der Waals surface area contributed by atoms with Gasteiger partial charge in [0.15, 0.2) is 5.76 Å². The molecule has 1 amide bonds. The van der Waals surface area contributed by atoms with Gasteiger partial charge in [-0.1, -0.05) is 12.1 Å². The number of hydrogen-bond donors (Lipinski definition) is 2. The van der Waals surface area contributed by atoms with Gasteiger partial charge in [0.25, 0.3) is 5.91 Å². The van der Waals surface area contributed by atoms with Gasteiger partial charge in [0.05, 0.1) is 24.6 Å². The van der Waals surface area contributed by atoms with Crippen LogP contribution in [0.5, 0.6) is 5.75 Å². The second-order valence-electron chi connectivity index (χ2n) is 7.18. The lowest BCUT2D eigenvalue weighted by Crippen LogP contribution is -2.31. The zero-order valence-electron chi connectivity index (χ0n) is 17.4. The van der Waals surface area contributed by atoms with Crippen LogP contribution >= 0.6 is 0 Å². The van der Waals surface area contributed by atoms with Gasteiger partial charge in [0.2, 0.25) is 11.8 Å². The summed E-state index contributed by atoms with van der Waals surface area (Å²) in [7, 11) is 1.56. The number of anilines is 2. The molecule has 5 rings (SSSR count). The molecular formula is C23H20N6O3. The van der Waals surface area contributed by atoms with Crippen LogP contribution in [0.1, 0.15) is 18.5 Å². The number of hydrogen-bond acceptors (Lipinski definition) is 7. The smallest absolute Gasteiger partial charge is 0.255 e. The summed E-state index contributed by atoms with van der Waals surface area (Å²) in [5.41, 5.74) is 2.60. The highest BCUT2D eigenvalue weighted by atomic mass is 16.5. The SMILES string of the molecule is COc1ccccc1NC(=O)C1=C(C)Nc2nc(-c3ccco3)nn2[C@@H]1c1ccncc1. The van der Waals surface area contributed by atoms with Crippen LogP contribution in [-0.2, 0) is 4.79 Å². The Bertz CT molecular complexity index is 1290. The molecule has 0 radical (unpaired) electrons. The summed E-state index contributed by atoms with van der Waals surface area (Å²) in [6.07, 6.45) is 4.94. The normalized spacial score (nSPS) is 15.1. The van der Waals surface area contributed by atoms with Crippen molar-refractivity contribution in [2.45, 2.75) is 13.0 Å². The standard InChI is InChI=1S/C23H20N6O3/c1-14-19(22(30)26-16-6-3-4-7-17(16)31-2)20(15-9-11-24-12-10-15)29-23(25-14)27-21(28-29)18-8-5-13-32-18/h3-13,20H,1-2H3,(H,26,30)(H,25,27,28)/t20-/m1/s1. The quantitative estimate of drug-likeness (QED) is 0.497. The van der Waals surface area contributed by atoms with E-state index in [0.29, 0.717) is 40.2 Å². The van der Waals surface area contributed by atoms with E-state index in [1.807, 2.05) is 31.2 Å². The molecule has 0 unspecified atom stereocenters. The maximum atomic E-state index is 13.5. The van der Waals surface area contributed by atoms with Crippen molar-refractivity contribution in [1.82, 2.24) is 19.7 Å². The number of furan rings is 1. The molecule has 4 aromatic rings. The lowest BCUT2D eigenvalue weighted by molar-refractivity contribution is -0.113. The van der Waals surface area contributed by atoms with Crippen molar-refractivity contribution < 1.29 is 13.9 Å². The van der Waals surface area contributed by atoms with Crippen molar-refractivity contribution in [2.75, 3.05) is 17.7 Å². The summed E-state index contributed by atoms with van der Waals surface area (Å²) in [5, 5.41) is 10.8. The molecule has 0 bridgehead atoms. The summed E-state index contributed by atoms with van der Waals surface area (Å²) < 4.78 is 12.5. The van der Waals surface area contributed by atoms with E-state index in [1.54, 1.807) is 54.7 Å². The number of pyridine rings is 1. The number of benzene rings is 1. The molecule has 0 fully saturated rings. The Morgan fingerprint density at radius 2 is 1.97 bits per heavy atom. The number of methoxy groups -OCH3 is 1. The fourth-order valence-corrected chi connectivity index (χ4v) is 3.75. The highest BCUT2D eigenvalue weighted by molar-refractivity contribution is 6.06. The molecule has 4 heterocycles. The Morgan fingerprint density at radius 1 is 1.16 bits per heavy atom. The molecule has 2 N–H and O–H groups in total. The third-order valence-electron chi connectivity index (χ3n) is 5.22. The molecule has 0 spiro atoms. The first kappa shape index (κ1) is 19.6. The number of fused-ring (bicyclic) bond motifs is 1. The number of ether oxygens (including phenoxy) is 1. The van der Waals surface area contributed by atoms with Crippen LogP contribution in [0.2, 0.25) is 0 Å². The molecule has 1 aliphatic heterocycles. The number of nitrogens with zero attached hydrogens (tertiary/aromatic N) is 4. The first-order valence-corrected chi connectivity index (χ1v) is 9.98. The molecule has 1 aliphatic rings. The molecule has 1 atom stereocenters. The zero-order chi connectivity index (χ0) is 22.1. The summed E-state index contributed by atoms with van der Waals surface area (Å²) in [5.74, 6) is 1.78. The fraction of sp³-hybridized carbons (Fsp3) is 0.130. The number of nitrogens with one attached hydrogen (secondary N) is 2. The van der Waals surface area contributed by atoms with Crippen LogP contribution in [0.25, 0.3) is 11.6 Å². The summed E-state index contributed by atoms with van der Waals surface area (Å²) in [6.45, 7) is 1.84. The largest absolute Gasteiger partial charge is 0.495 e. The Kier molecular flexibility index (Phi) is 4.91. The highest BCUT2D eigenvalue weighted by Crippen LogP contribution is 2.37. The molecule has 0 saturated carbocycles. The summed E-state index contributed by atoms with van der Waals surface area (Å²) in [6, 6.07) is 14.0. The molecule has 0 saturated heterocycles. The molecule has 160 valence electrons. The van der Waals surface area contributed by atoms with E-state index >= 15 is 0 Å². The maximum Gasteiger partial charge on any atom is 0.255 e. The van der Waals surface area contributed by atoms with Crippen LogP contribution in [0.15, 0.2) is 82.9 Å². The van der Waals surface area contributed by atoms with E-state index in [1.165, 1.54) is 0 Å². The summed E-state index contributed by atoms with van der Waals surface area (Å²) in [4.78, 5) is 22.2. The average molecular weight is 428 g/mol. The predicted octanol–water partition coefficient (Wildman–Crippen LogP) is 3.87. The van der Waals surface area contributed by atoms with E-state index in [4.69, 9.17) is 9.15 Å². The van der Waals surface area contributed by atoms with Crippen molar-refractivity contribution in [1.29, 1.82) is 0 Å². The third kappa shape index (κ3) is 3.39. The van der Waals surface area contributed by atoms with Gasteiger partial charge in [-0.05, 0) is 48.9 Å². The van der Waals surface area contributed by atoms with Crippen LogP contribution < -0.4 is 15.4 Å². The van der Waals surface area contributed by atoms with Gasteiger partial charge < -0.3 is 19.8 Å². The minimum atomic E-state index is -0.514. The van der Waals surface area contributed by atoms with E-state index in [2.05, 4.69) is 25.7 Å². The topological polar surface area (TPSA) is 107 Å². The second kappa shape index (κ2) is 8.03. The Balaban J connectivity index is 1.59. The maximum absolute atomic E-state index is 13.5. The Morgan fingerprint density at radius 3 is 2.72 bits per heavy atom. The predicted molar refractivity (Wildman–Crippen MR) is 118 cm³/mol. The van der Waals surface area contributed by atoms with Gasteiger partial charge in [0.1, 0.15) is 11.8 Å². The van der Waals surface area contributed by atoms with E-state index in [0.717, 1.165) is 5.56 Å². The third-order valence-corrected chi connectivity index (χ3v) is 5.22. The minimum Gasteiger partial charge on any atom is -0.495 e. The number of aromatic nitrogens is 4. The highest BCUT2D eigenvalue weighted by Gasteiger charge is 2.35. The van der Waals surface area contributed by atoms with Crippen LogP contribution in [0.4, 0.5) is 11.6 Å². The lowest BCUT2D eigenvalue weighted by atomic mass is 9.96. The Hall–Kier alpha value is -4.40. The van der Waals surface area contributed by atoms with E-state index in [-0.39, 0.29) is 5.91 Å². The lowest BCUT2D eigenvalue weighted by Gasteiger charge is -2.28. The van der Waals surface area contributed by atoms with Crippen LogP contribution in [-0.4, -0.2) is 32.8 Å². The number of carbonyl (C=O) groups is 1. The molecule has 9 nitrogen and oxygen atoms in total. The number of rotatable bonds is 5. The van der Waals surface area contributed by atoms with Gasteiger partial charge in [-0.2, -0.15) is 4.98 Å². The number of para-hydroxylation sites is 2. The van der Waals surface area contributed by atoms with Crippen LogP contribution in [0.3, 0.4) is 0 Å². The first-order chi connectivity index (χ1) is 15.7. The number of amides is 1. The monoisotopic (exact) mass is 428 g/mol. The van der Waals surface area contributed by atoms with Crippen molar-refractivity contribution in [2.24, 2.45) is 0 Å². The fourth-order valence-electron chi connectivity index (χ4n) is 3.75. The van der Waals surface area contributed by atoms with Crippen molar-refractivity contribution in [3.05, 3.63) is 84.0 Å². The molecule has 9 heteroatoms. The van der Waals surface area contributed by atoms with E-state index in [9.17, 15) is 4.79 Å². The van der Waals surface area contributed by atoms with Gasteiger partial charge in [-0.15, -0.1) is 5.10 Å². The second-order valence-corrected chi connectivity index (χ2v) is 7.18. The zero-order valence-corrected chi connectivity index (χ0v) is 17.4. The van der Waals surface area contributed by atoms with Crippen LogP contribution in [0, 0.1) is 0 Å². The Labute approximate surface area is 183 Å². The van der Waals surface area contributed by atoms with Gasteiger partial charge in [-0.25, -0.2) is 4.68 Å². The molecular weight excluding hydrogens is 408 g/mol. The average Bonchev–Trinajstić information content (AvgIpc) is 3.49. The molecule has 0 aliphatic carbocycles. The first-order valence-electron chi connectivity index (χ1n) is 9.98. The van der Waals surface area contributed by atoms with Gasteiger partial charge >= 0.3 is 0 Å².